The predicted molar refractivity (Wildman–Crippen MR) is 72.8 cm³/mol. The van der Waals surface area contributed by atoms with Crippen molar-refractivity contribution < 1.29 is 13.9 Å². The molecule has 0 saturated heterocycles. The lowest BCUT2D eigenvalue weighted by molar-refractivity contribution is -0.0265. The molecule has 2 rings (SSSR count). The largest absolute Gasteiger partial charge is 0.370 e. The lowest BCUT2D eigenvalue weighted by Crippen LogP contribution is -2.44. The number of aryl methyl sites for hydroxylation is 1. The molecule has 0 aromatic heterocycles. The van der Waals surface area contributed by atoms with Crippen molar-refractivity contribution in [2.24, 2.45) is 5.92 Å². The summed E-state index contributed by atoms with van der Waals surface area (Å²) in [7, 11) is 1.56. The fraction of sp³-hybridized carbons (Fsp3) is 0.562. The number of benzene rings is 1. The summed E-state index contributed by atoms with van der Waals surface area (Å²) in [4.78, 5) is 12.7. The van der Waals surface area contributed by atoms with Gasteiger partial charge in [-0.1, -0.05) is 18.6 Å². The number of ketones is 1. The molecular formula is C16H21FO2. The first-order valence-electron chi connectivity index (χ1n) is 6.84. The predicted octanol–water partition coefficient (Wildman–Crippen LogP) is 3.91. The van der Waals surface area contributed by atoms with E-state index < -0.39 is 11.4 Å². The van der Waals surface area contributed by atoms with E-state index in [-0.39, 0.29) is 11.3 Å². The SMILES string of the molecule is COC1(C(=O)c2cc(C)ccc2F)CCC(C)CC1. The zero-order valence-corrected chi connectivity index (χ0v) is 11.8. The van der Waals surface area contributed by atoms with Gasteiger partial charge in [0.25, 0.3) is 0 Å². The smallest absolute Gasteiger partial charge is 0.197 e. The number of rotatable bonds is 3. The molecule has 2 nitrogen and oxygen atoms in total. The summed E-state index contributed by atoms with van der Waals surface area (Å²) in [5.41, 5.74) is 0.220. The highest BCUT2D eigenvalue weighted by Gasteiger charge is 2.42. The Bertz CT molecular complexity index is 474. The highest BCUT2D eigenvalue weighted by atomic mass is 19.1. The van der Waals surface area contributed by atoms with Crippen LogP contribution < -0.4 is 0 Å². The van der Waals surface area contributed by atoms with Gasteiger partial charge < -0.3 is 4.74 Å². The number of carbonyl (C=O) groups is 1. The standard InChI is InChI=1S/C16H21FO2/c1-11-6-8-16(19-3,9-7-11)15(18)13-10-12(2)4-5-14(13)17/h4-5,10-11H,6-9H2,1-3H3. The van der Waals surface area contributed by atoms with Crippen molar-refractivity contribution in [1.82, 2.24) is 0 Å². The topological polar surface area (TPSA) is 26.3 Å². The molecule has 104 valence electrons. The maximum Gasteiger partial charge on any atom is 0.197 e. The molecule has 0 aliphatic heterocycles. The molecule has 0 bridgehead atoms. The summed E-state index contributed by atoms with van der Waals surface area (Å²) in [6.45, 7) is 4.04. The first kappa shape index (κ1) is 14.2. The number of Topliss-reactive ketones (excluding diaryl/α,β-unsaturated/α-hetero) is 1. The van der Waals surface area contributed by atoms with E-state index in [0.29, 0.717) is 18.8 Å². The second-order valence-corrected chi connectivity index (χ2v) is 5.69. The molecule has 0 amide bonds. The van der Waals surface area contributed by atoms with Crippen LogP contribution in [-0.4, -0.2) is 18.5 Å². The third-order valence-electron chi connectivity index (χ3n) is 4.25. The van der Waals surface area contributed by atoms with Gasteiger partial charge in [-0.2, -0.15) is 0 Å². The Kier molecular flexibility index (Phi) is 4.04. The number of carbonyl (C=O) groups excluding carboxylic acids is 1. The summed E-state index contributed by atoms with van der Waals surface area (Å²) in [5, 5.41) is 0. The van der Waals surface area contributed by atoms with E-state index in [9.17, 15) is 9.18 Å². The van der Waals surface area contributed by atoms with Crippen LogP contribution in [0.1, 0.15) is 48.5 Å². The average molecular weight is 264 g/mol. The summed E-state index contributed by atoms with van der Waals surface area (Å²) >= 11 is 0. The molecule has 0 spiro atoms. The number of ether oxygens (including phenoxy) is 1. The van der Waals surface area contributed by atoms with E-state index >= 15 is 0 Å². The van der Waals surface area contributed by atoms with Crippen LogP contribution in [0.3, 0.4) is 0 Å². The Morgan fingerprint density at radius 2 is 2.00 bits per heavy atom. The Balaban J connectivity index is 2.33. The van der Waals surface area contributed by atoms with Gasteiger partial charge in [-0.25, -0.2) is 4.39 Å². The summed E-state index contributed by atoms with van der Waals surface area (Å²) in [5.74, 6) is -0.0489. The van der Waals surface area contributed by atoms with Crippen molar-refractivity contribution in [2.75, 3.05) is 7.11 Å². The monoisotopic (exact) mass is 264 g/mol. The number of hydrogen-bond acceptors (Lipinski definition) is 2. The van der Waals surface area contributed by atoms with Gasteiger partial charge in [-0.15, -0.1) is 0 Å². The van der Waals surface area contributed by atoms with Crippen LogP contribution in [0.5, 0.6) is 0 Å². The molecule has 1 aromatic carbocycles. The van der Waals surface area contributed by atoms with Gasteiger partial charge in [-0.3, -0.25) is 4.79 Å². The van der Waals surface area contributed by atoms with E-state index in [2.05, 4.69) is 6.92 Å². The van der Waals surface area contributed by atoms with Crippen molar-refractivity contribution in [3.63, 3.8) is 0 Å². The van der Waals surface area contributed by atoms with Crippen molar-refractivity contribution >= 4 is 5.78 Å². The normalized spacial score (nSPS) is 27.3. The number of hydrogen-bond donors (Lipinski definition) is 0. The second-order valence-electron chi connectivity index (χ2n) is 5.69. The molecule has 0 unspecified atom stereocenters. The maximum atomic E-state index is 13.9. The maximum absolute atomic E-state index is 13.9. The molecule has 1 aliphatic rings. The van der Waals surface area contributed by atoms with Crippen LogP contribution in [0.4, 0.5) is 4.39 Å². The molecule has 1 saturated carbocycles. The number of methoxy groups -OCH3 is 1. The molecule has 1 aromatic rings. The van der Waals surface area contributed by atoms with Gasteiger partial charge >= 0.3 is 0 Å². The van der Waals surface area contributed by atoms with Crippen LogP contribution in [0, 0.1) is 18.7 Å². The Hall–Kier alpha value is -1.22. The van der Waals surface area contributed by atoms with Crippen molar-refractivity contribution in [2.45, 2.75) is 45.1 Å². The first-order valence-corrected chi connectivity index (χ1v) is 6.84. The van der Waals surface area contributed by atoms with Gasteiger partial charge in [-0.05, 0) is 50.7 Å². The molecule has 0 N–H and O–H groups in total. The fourth-order valence-electron chi connectivity index (χ4n) is 2.81. The Labute approximate surface area is 114 Å². The average Bonchev–Trinajstić information content (AvgIpc) is 2.42. The highest BCUT2D eigenvalue weighted by Crippen LogP contribution is 2.37. The van der Waals surface area contributed by atoms with Crippen LogP contribution in [0.2, 0.25) is 0 Å². The van der Waals surface area contributed by atoms with Crippen LogP contribution >= 0.6 is 0 Å². The van der Waals surface area contributed by atoms with Crippen LogP contribution in [0.15, 0.2) is 18.2 Å². The van der Waals surface area contributed by atoms with Gasteiger partial charge in [0.15, 0.2) is 5.78 Å². The quantitative estimate of drug-likeness (QED) is 0.774. The molecule has 0 atom stereocenters. The van der Waals surface area contributed by atoms with Crippen molar-refractivity contribution in [3.8, 4) is 0 Å². The molecule has 1 fully saturated rings. The molecule has 1 aliphatic carbocycles. The zero-order valence-electron chi connectivity index (χ0n) is 11.8. The van der Waals surface area contributed by atoms with Gasteiger partial charge in [0.05, 0.1) is 5.56 Å². The highest BCUT2D eigenvalue weighted by molar-refractivity contribution is 6.03. The lowest BCUT2D eigenvalue weighted by atomic mass is 9.75. The van der Waals surface area contributed by atoms with E-state index in [1.165, 1.54) is 6.07 Å². The first-order chi connectivity index (χ1) is 8.98. The minimum Gasteiger partial charge on any atom is -0.370 e. The van der Waals surface area contributed by atoms with Gasteiger partial charge in [0.1, 0.15) is 11.4 Å². The van der Waals surface area contributed by atoms with Crippen molar-refractivity contribution in [1.29, 1.82) is 0 Å². The van der Waals surface area contributed by atoms with Crippen molar-refractivity contribution in [3.05, 3.63) is 35.1 Å². The summed E-state index contributed by atoms with van der Waals surface area (Å²) in [6, 6.07) is 4.66. The molecular weight excluding hydrogens is 243 g/mol. The summed E-state index contributed by atoms with van der Waals surface area (Å²) < 4.78 is 19.4. The van der Waals surface area contributed by atoms with E-state index in [1.807, 2.05) is 6.92 Å². The fourth-order valence-corrected chi connectivity index (χ4v) is 2.81. The molecule has 3 heteroatoms. The number of halogens is 1. The van der Waals surface area contributed by atoms with Crippen LogP contribution in [0.25, 0.3) is 0 Å². The molecule has 0 radical (unpaired) electrons. The van der Waals surface area contributed by atoms with Crippen LogP contribution in [-0.2, 0) is 4.74 Å². The minimum atomic E-state index is -0.832. The van der Waals surface area contributed by atoms with Gasteiger partial charge in [0, 0.05) is 7.11 Å². The second kappa shape index (κ2) is 5.41. The zero-order chi connectivity index (χ0) is 14.0. The van der Waals surface area contributed by atoms with E-state index in [4.69, 9.17) is 4.74 Å². The third kappa shape index (κ3) is 2.71. The minimum absolute atomic E-state index is 0.163. The van der Waals surface area contributed by atoms with E-state index in [0.717, 1.165) is 18.4 Å². The van der Waals surface area contributed by atoms with Gasteiger partial charge in [0.2, 0.25) is 0 Å². The lowest BCUT2D eigenvalue weighted by Gasteiger charge is -2.37. The Morgan fingerprint density at radius 3 is 2.58 bits per heavy atom. The molecule has 0 heterocycles. The Morgan fingerprint density at radius 1 is 1.37 bits per heavy atom. The van der Waals surface area contributed by atoms with E-state index in [1.54, 1.807) is 19.2 Å². The summed E-state index contributed by atoms with van der Waals surface area (Å²) in [6.07, 6.45) is 3.26. The third-order valence-corrected chi connectivity index (χ3v) is 4.25. The molecule has 19 heavy (non-hydrogen) atoms.